The van der Waals surface area contributed by atoms with Crippen LogP contribution in [-0.2, 0) is 13.0 Å². The maximum absolute atomic E-state index is 11.0. The van der Waals surface area contributed by atoms with Crippen LogP contribution >= 0.6 is 24.0 Å². The van der Waals surface area contributed by atoms with E-state index in [0.717, 1.165) is 18.9 Å². The van der Waals surface area contributed by atoms with Crippen LogP contribution in [0.5, 0.6) is 0 Å². The number of nitrogens with one attached hydrogen (secondary N) is 1. The first kappa shape index (κ1) is 17.3. The molecule has 1 amide bonds. The van der Waals surface area contributed by atoms with Crippen LogP contribution in [0.25, 0.3) is 0 Å². The second kappa shape index (κ2) is 7.49. The Morgan fingerprint density at radius 2 is 2.13 bits per heavy atom. The zero-order valence-corrected chi connectivity index (χ0v) is 15.1. The summed E-state index contributed by atoms with van der Waals surface area (Å²) in [4.78, 5) is 17.5. The number of primary amides is 1. The minimum absolute atomic E-state index is 0. The Balaban J connectivity index is 0.00000192. The lowest BCUT2D eigenvalue weighted by atomic mass is 10.2. The molecule has 3 rings (SSSR count). The first-order valence-electron chi connectivity index (χ1n) is 7.13. The van der Waals surface area contributed by atoms with Gasteiger partial charge in [-0.25, -0.2) is 0 Å². The highest BCUT2D eigenvalue weighted by Gasteiger charge is 2.22. The van der Waals surface area contributed by atoms with E-state index >= 15 is 0 Å². The van der Waals surface area contributed by atoms with E-state index in [2.05, 4.69) is 27.3 Å². The lowest BCUT2D eigenvalue weighted by Crippen LogP contribution is -2.40. The Morgan fingerprint density at radius 1 is 1.35 bits per heavy atom. The zero-order valence-electron chi connectivity index (χ0n) is 12.8. The summed E-state index contributed by atoms with van der Waals surface area (Å²) in [5.74, 6) is 1.02. The molecule has 1 aliphatic heterocycles. The largest absolute Gasteiger partial charge is 0.454 e. The van der Waals surface area contributed by atoms with Crippen LogP contribution in [0.3, 0.4) is 0 Å². The Labute approximate surface area is 151 Å². The minimum Gasteiger partial charge on any atom is -0.454 e. The number of benzene rings is 1. The second-order valence-corrected chi connectivity index (χ2v) is 5.06. The summed E-state index contributed by atoms with van der Waals surface area (Å²) in [6.07, 6.45) is 1.00. The van der Waals surface area contributed by atoms with E-state index in [9.17, 15) is 4.79 Å². The number of para-hydroxylation sites is 1. The van der Waals surface area contributed by atoms with Crippen molar-refractivity contribution in [3.63, 3.8) is 0 Å². The number of nitrogens with zero attached hydrogens (tertiary/aromatic N) is 2. The molecule has 0 radical (unpaired) electrons. The van der Waals surface area contributed by atoms with E-state index in [1.807, 2.05) is 12.1 Å². The Morgan fingerprint density at radius 3 is 2.83 bits per heavy atom. The fourth-order valence-corrected chi connectivity index (χ4v) is 2.62. The van der Waals surface area contributed by atoms with Crippen LogP contribution in [0.1, 0.15) is 21.9 Å². The van der Waals surface area contributed by atoms with Gasteiger partial charge in [0.15, 0.2) is 11.7 Å². The van der Waals surface area contributed by atoms with Crippen molar-refractivity contribution in [1.29, 1.82) is 0 Å². The van der Waals surface area contributed by atoms with Crippen LogP contribution in [-0.4, -0.2) is 25.5 Å². The van der Waals surface area contributed by atoms with Crippen molar-refractivity contribution in [3.05, 3.63) is 53.5 Å². The molecule has 0 saturated heterocycles. The monoisotopic (exact) mass is 426 g/mol. The number of carbonyl (C=O) groups is 1. The summed E-state index contributed by atoms with van der Waals surface area (Å²) in [6.45, 7) is 1.34. The van der Waals surface area contributed by atoms with Gasteiger partial charge >= 0.3 is 0 Å². The molecule has 7 heteroatoms. The topological polar surface area (TPSA) is 83.9 Å². The minimum atomic E-state index is -0.566. The van der Waals surface area contributed by atoms with Crippen LogP contribution in [0.4, 0.5) is 5.69 Å². The highest BCUT2D eigenvalue weighted by molar-refractivity contribution is 14.0. The Kier molecular flexibility index (Phi) is 5.64. The molecule has 0 bridgehead atoms. The molecule has 3 N–H and O–H groups in total. The molecule has 0 unspecified atom stereocenters. The van der Waals surface area contributed by atoms with Gasteiger partial charge in [0.25, 0.3) is 5.91 Å². The fraction of sp³-hybridized carbons (Fsp3) is 0.250. The van der Waals surface area contributed by atoms with E-state index < -0.39 is 5.91 Å². The van der Waals surface area contributed by atoms with Crippen LogP contribution < -0.4 is 16.0 Å². The highest BCUT2D eigenvalue weighted by atomic mass is 127. The number of halogens is 1. The van der Waals surface area contributed by atoms with Crippen LogP contribution in [0.2, 0.25) is 0 Å². The normalized spacial score (nSPS) is 13.4. The highest BCUT2D eigenvalue weighted by Crippen LogP contribution is 2.27. The quantitative estimate of drug-likeness (QED) is 0.448. The number of aliphatic imine (C=N–C) groups is 1. The number of fused-ring (bicyclic) bond motifs is 1. The molecule has 0 fully saturated rings. The number of furan rings is 1. The van der Waals surface area contributed by atoms with Gasteiger partial charge in [0.1, 0.15) is 5.76 Å². The number of hydrogen-bond donors (Lipinski definition) is 2. The van der Waals surface area contributed by atoms with E-state index in [0.29, 0.717) is 12.3 Å². The predicted molar refractivity (Wildman–Crippen MR) is 100 cm³/mol. The van der Waals surface area contributed by atoms with E-state index in [1.165, 1.54) is 11.3 Å². The van der Waals surface area contributed by atoms with Gasteiger partial charge in [0, 0.05) is 19.3 Å². The number of rotatable bonds is 3. The molecule has 0 aliphatic carbocycles. The third-order valence-electron chi connectivity index (χ3n) is 3.68. The third kappa shape index (κ3) is 3.66. The molecule has 1 aliphatic rings. The predicted octanol–water partition coefficient (Wildman–Crippen LogP) is 2.13. The number of anilines is 1. The lowest BCUT2D eigenvalue weighted by molar-refractivity contribution is 0.0972. The molecule has 23 heavy (non-hydrogen) atoms. The fourth-order valence-electron chi connectivity index (χ4n) is 2.62. The van der Waals surface area contributed by atoms with Crippen LogP contribution in [0.15, 0.2) is 45.8 Å². The summed E-state index contributed by atoms with van der Waals surface area (Å²) < 4.78 is 5.36. The number of hydrogen-bond acceptors (Lipinski definition) is 3. The summed E-state index contributed by atoms with van der Waals surface area (Å²) in [5.41, 5.74) is 7.67. The Hall–Kier alpha value is -2.03. The van der Waals surface area contributed by atoms with Gasteiger partial charge < -0.3 is 20.4 Å². The summed E-state index contributed by atoms with van der Waals surface area (Å²) in [6, 6.07) is 11.6. The number of nitrogens with two attached hydrogens (primary N) is 1. The average molecular weight is 426 g/mol. The molecule has 2 aromatic rings. The molecule has 2 heterocycles. The molecule has 0 atom stereocenters. The molecule has 1 aromatic carbocycles. The van der Waals surface area contributed by atoms with Gasteiger partial charge in [0.2, 0.25) is 0 Å². The van der Waals surface area contributed by atoms with Crippen molar-refractivity contribution < 1.29 is 9.21 Å². The molecule has 0 saturated carbocycles. The van der Waals surface area contributed by atoms with Gasteiger partial charge in [-0.2, -0.15) is 0 Å². The van der Waals surface area contributed by atoms with Gasteiger partial charge in [-0.1, -0.05) is 18.2 Å². The number of guanidine groups is 1. The Bertz CT molecular complexity index is 726. The van der Waals surface area contributed by atoms with Gasteiger partial charge in [0.05, 0.1) is 6.54 Å². The van der Waals surface area contributed by atoms with Crippen molar-refractivity contribution in [1.82, 2.24) is 5.32 Å². The maximum atomic E-state index is 11.0. The standard InChI is InChI=1S/C16H18N4O2.HI/c1-18-16(19-10-12-6-7-14(22-12)15(17)21)20-9-8-11-4-2-3-5-13(11)20;/h2-7H,8-10H2,1H3,(H2,17,21)(H,18,19);1H. The SMILES string of the molecule is CN=C(NCc1ccc(C(N)=O)o1)N1CCc2ccccc21.I. The number of carbonyl (C=O) groups excluding carboxylic acids is 1. The lowest BCUT2D eigenvalue weighted by Gasteiger charge is -2.21. The van der Waals surface area contributed by atoms with Crippen molar-refractivity contribution in [2.24, 2.45) is 10.7 Å². The van der Waals surface area contributed by atoms with Crippen molar-refractivity contribution in [2.45, 2.75) is 13.0 Å². The molecular weight excluding hydrogens is 407 g/mol. The zero-order chi connectivity index (χ0) is 15.5. The molecule has 0 spiro atoms. The maximum Gasteiger partial charge on any atom is 0.284 e. The molecule has 6 nitrogen and oxygen atoms in total. The molecular formula is C16H19IN4O2. The number of amides is 1. The summed E-state index contributed by atoms with van der Waals surface area (Å²) >= 11 is 0. The van der Waals surface area contributed by atoms with Crippen molar-refractivity contribution in [3.8, 4) is 0 Å². The average Bonchev–Trinajstić information content (AvgIpc) is 3.15. The van der Waals surface area contributed by atoms with Gasteiger partial charge in [-0.05, 0) is 30.2 Å². The van der Waals surface area contributed by atoms with Gasteiger partial charge in [-0.15, -0.1) is 24.0 Å². The summed E-state index contributed by atoms with van der Waals surface area (Å²) in [7, 11) is 1.75. The first-order valence-corrected chi connectivity index (χ1v) is 7.13. The van der Waals surface area contributed by atoms with Crippen molar-refractivity contribution >= 4 is 41.5 Å². The first-order chi connectivity index (χ1) is 10.7. The second-order valence-electron chi connectivity index (χ2n) is 5.06. The molecule has 122 valence electrons. The van der Waals surface area contributed by atoms with E-state index in [1.54, 1.807) is 19.2 Å². The van der Waals surface area contributed by atoms with E-state index in [4.69, 9.17) is 10.2 Å². The van der Waals surface area contributed by atoms with Crippen LogP contribution in [0, 0.1) is 0 Å². The summed E-state index contributed by atoms with van der Waals surface area (Å²) in [5, 5.41) is 3.25. The third-order valence-corrected chi connectivity index (χ3v) is 3.68. The molecule has 1 aromatic heterocycles. The van der Waals surface area contributed by atoms with Gasteiger partial charge in [-0.3, -0.25) is 9.79 Å². The van der Waals surface area contributed by atoms with Crippen molar-refractivity contribution in [2.75, 3.05) is 18.5 Å². The smallest absolute Gasteiger partial charge is 0.284 e. The van der Waals surface area contributed by atoms with E-state index in [-0.39, 0.29) is 29.7 Å².